The van der Waals surface area contributed by atoms with Gasteiger partial charge in [-0.2, -0.15) is 0 Å². The van der Waals surface area contributed by atoms with Gasteiger partial charge in [-0.25, -0.2) is 19.6 Å². The number of rotatable bonds is 13. The van der Waals surface area contributed by atoms with Gasteiger partial charge in [0.15, 0.2) is 17.2 Å². The van der Waals surface area contributed by atoms with Gasteiger partial charge in [-0.3, -0.25) is 10.6 Å². The summed E-state index contributed by atoms with van der Waals surface area (Å²) < 4.78 is 28.8. The number of fused-ring (bicyclic) bond motifs is 2. The van der Waals surface area contributed by atoms with Crippen molar-refractivity contribution in [1.29, 1.82) is 0 Å². The molecule has 56 heavy (non-hydrogen) atoms. The molecule has 0 saturated carbocycles. The topological polar surface area (TPSA) is 170 Å². The Balaban J connectivity index is 1.16. The zero-order valence-electron chi connectivity index (χ0n) is 31.3. The van der Waals surface area contributed by atoms with Crippen LogP contribution in [0.1, 0.15) is 50.6 Å². The minimum absolute atomic E-state index is 0.0408. The normalized spacial score (nSPS) is 11.9. The molecular weight excluding hydrogens is 714 g/mol. The van der Waals surface area contributed by atoms with Crippen molar-refractivity contribution in [3.8, 4) is 35.2 Å². The maximum Gasteiger partial charge on any atom is 0.408 e. The summed E-state index contributed by atoms with van der Waals surface area (Å²) in [6.07, 6.45) is -0.887. The molecule has 13 heteroatoms. The Hall–Kier alpha value is -6.80. The number of carboxylic acid groups (broad SMARTS) is 1. The van der Waals surface area contributed by atoms with E-state index in [0.29, 0.717) is 44.8 Å². The molecule has 0 aliphatic heterocycles. The number of aliphatic carboxylic acids is 1. The summed E-state index contributed by atoms with van der Waals surface area (Å²) in [6.45, 7) is 7.10. The molecule has 0 aliphatic rings. The fraction of sp³-hybridized carbons (Fsp3) is 0.256. The second-order valence-electron chi connectivity index (χ2n) is 13.7. The quantitative estimate of drug-likeness (QED) is 0.0757. The first kappa shape index (κ1) is 38.9. The molecule has 286 valence electrons. The van der Waals surface area contributed by atoms with Crippen molar-refractivity contribution < 1.29 is 37.7 Å². The lowest BCUT2D eigenvalue weighted by atomic mass is 10.00. The van der Waals surface area contributed by atoms with E-state index in [2.05, 4.69) is 49.6 Å². The molecule has 0 radical (unpaired) electrons. The molecule has 2 heterocycles. The molecule has 4 aromatic carbocycles. The number of hydrogen-bond donors (Lipinski definition) is 4. The number of carbonyl (C=O) groups excluding carboxylic acids is 1. The fourth-order valence-electron chi connectivity index (χ4n) is 5.59. The second kappa shape index (κ2) is 17.6. The van der Waals surface area contributed by atoms with Crippen molar-refractivity contribution in [2.45, 2.75) is 58.1 Å². The lowest BCUT2D eigenvalue weighted by Gasteiger charge is -2.38. The van der Waals surface area contributed by atoms with Crippen LogP contribution in [0.4, 0.5) is 4.79 Å². The monoisotopic (exact) mass is 755 g/mol. The van der Waals surface area contributed by atoms with Gasteiger partial charge in [0, 0.05) is 24.2 Å². The highest BCUT2D eigenvalue weighted by Gasteiger charge is 2.41. The number of oxazole rings is 2. The van der Waals surface area contributed by atoms with Gasteiger partial charge in [-0.15, -0.1) is 0 Å². The van der Waals surface area contributed by atoms with E-state index < -0.39 is 29.4 Å². The number of para-hydroxylation sites is 6. The van der Waals surface area contributed by atoms with E-state index in [0.717, 1.165) is 0 Å². The average molecular weight is 756 g/mol. The van der Waals surface area contributed by atoms with Crippen molar-refractivity contribution in [1.82, 2.24) is 25.9 Å². The summed E-state index contributed by atoms with van der Waals surface area (Å²) in [6, 6.07) is 27.9. The molecule has 6 rings (SSSR count). The Kier molecular flexibility index (Phi) is 12.2. The Bertz CT molecular complexity index is 2230. The first-order valence-corrected chi connectivity index (χ1v) is 17.8. The molecule has 0 bridgehead atoms. The van der Waals surface area contributed by atoms with E-state index in [-0.39, 0.29) is 38.1 Å². The first-order chi connectivity index (χ1) is 27.0. The van der Waals surface area contributed by atoms with Crippen LogP contribution >= 0.6 is 0 Å². The number of hydrogen-bond acceptors (Lipinski definition) is 11. The van der Waals surface area contributed by atoms with Gasteiger partial charge in [-0.05, 0) is 75.9 Å². The molecule has 0 aliphatic carbocycles. The average Bonchev–Trinajstić information content (AvgIpc) is 3.79. The highest BCUT2D eigenvalue weighted by atomic mass is 16.6. The van der Waals surface area contributed by atoms with E-state index in [1.165, 1.54) is 0 Å². The number of nitrogens with one attached hydrogen (secondary N) is 3. The summed E-state index contributed by atoms with van der Waals surface area (Å²) in [5, 5.41) is 19.6. The van der Waals surface area contributed by atoms with Crippen molar-refractivity contribution >= 4 is 34.3 Å². The molecule has 1 atom stereocenters. The molecule has 4 N–H and O–H groups in total. The lowest BCUT2D eigenvalue weighted by Crippen LogP contribution is -2.69. The molecule has 2 aromatic heterocycles. The van der Waals surface area contributed by atoms with Crippen LogP contribution in [0.3, 0.4) is 0 Å². The molecule has 0 fully saturated rings. The van der Waals surface area contributed by atoms with E-state index in [9.17, 15) is 14.7 Å². The van der Waals surface area contributed by atoms with Crippen LogP contribution in [0.15, 0.2) is 106 Å². The number of ether oxygens (including phenoxy) is 3. The summed E-state index contributed by atoms with van der Waals surface area (Å²) in [4.78, 5) is 34.5. The molecular formula is C43H41N5O8. The summed E-state index contributed by atoms with van der Waals surface area (Å²) in [5.41, 5.74) is 1.83. The van der Waals surface area contributed by atoms with Crippen LogP contribution in [-0.4, -0.2) is 57.7 Å². The maximum atomic E-state index is 12.9. The van der Waals surface area contributed by atoms with Crippen LogP contribution in [0, 0.1) is 23.7 Å². The predicted molar refractivity (Wildman–Crippen MR) is 209 cm³/mol. The van der Waals surface area contributed by atoms with Gasteiger partial charge < -0.3 is 33.5 Å². The van der Waals surface area contributed by atoms with Gasteiger partial charge in [0.05, 0.1) is 5.66 Å². The van der Waals surface area contributed by atoms with E-state index in [4.69, 9.17) is 23.0 Å². The number of nitrogens with zero attached hydrogens (tertiary/aromatic N) is 2. The van der Waals surface area contributed by atoms with Crippen LogP contribution < -0.4 is 25.4 Å². The van der Waals surface area contributed by atoms with Crippen molar-refractivity contribution in [2.75, 3.05) is 13.2 Å². The second-order valence-corrected chi connectivity index (χ2v) is 13.7. The van der Waals surface area contributed by atoms with Crippen LogP contribution in [0.5, 0.6) is 11.5 Å². The largest absolute Gasteiger partial charge is 0.481 e. The fourth-order valence-corrected chi connectivity index (χ4v) is 5.59. The number of aromatic nitrogens is 2. The Morgan fingerprint density at radius 3 is 1.59 bits per heavy atom. The van der Waals surface area contributed by atoms with Gasteiger partial charge in [0.25, 0.3) is 11.8 Å². The third-order valence-corrected chi connectivity index (χ3v) is 8.30. The molecule has 0 saturated heterocycles. The van der Waals surface area contributed by atoms with Crippen molar-refractivity contribution in [3.05, 3.63) is 120 Å². The van der Waals surface area contributed by atoms with Crippen LogP contribution in [0.2, 0.25) is 0 Å². The summed E-state index contributed by atoms with van der Waals surface area (Å²) >= 11 is 0. The predicted octanol–water partition coefficient (Wildman–Crippen LogP) is 6.40. The van der Waals surface area contributed by atoms with E-state index in [1.807, 2.05) is 84.9 Å². The zero-order valence-corrected chi connectivity index (χ0v) is 31.3. The number of amides is 1. The van der Waals surface area contributed by atoms with Crippen molar-refractivity contribution in [3.63, 3.8) is 0 Å². The van der Waals surface area contributed by atoms with Gasteiger partial charge >= 0.3 is 12.1 Å². The Labute approximate surface area is 323 Å². The molecule has 1 amide bonds. The number of benzene rings is 4. The molecule has 13 nitrogen and oxygen atoms in total. The van der Waals surface area contributed by atoms with Crippen LogP contribution in [0.25, 0.3) is 22.2 Å². The first-order valence-electron chi connectivity index (χ1n) is 17.8. The highest BCUT2D eigenvalue weighted by Crippen LogP contribution is 2.23. The Morgan fingerprint density at radius 1 is 0.696 bits per heavy atom. The van der Waals surface area contributed by atoms with Crippen LogP contribution in [-0.2, 0) is 22.6 Å². The summed E-state index contributed by atoms with van der Waals surface area (Å²) in [7, 11) is 0. The van der Waals surface area contributed by atoms with E-state index in [1.54, 1.807) is 39.8 Å². The number of alkyl carbamates (subject to hydrolysis) is 1. The molecule has 1 unspecified atom stereocenters. The zero-order chi connectivity index (χ0) is 39.5. The minimum Gasteiger partial charge on any atom is -0.481 e. The SMILES string of the molecule is CC(C)(C)OC(=O)NC(C(=O)O)C(C)(NCc1ccccc1OCC#Cc1nc2ccccc2o1)NCc1ccccc1OCC#Cc1nc2ccccc2o1. The van der Waals surface area contributed by atoms with Crippen molar-refractivity contribution in [2.24, 2.45) is 0 Å². The smallest absolute Gasteiger partial charge is 0.408 e. The highest BCUT2D eigenvalue weighted by molar-refractivity contribution is 5.81. The standard InChI is InChI=1S/C43H41N5O8/c1-42(2,3)56-41(51)48-39(40(49)50)43(4,44-27-29-15-5-9-19-33(29)52-25-13-23-37-46-31-17-7-11-21-35(31)54-37)45-28-30-16-6-10-20-34(30)53-26-14-24-38-47-32-18-8-12-22-36(32)55-38/h5-12,15-22,39,44-45H,25-28H2,1-4H3,(H,48,51)(H,49,50). The molecule has 0 spiro atoms. The lowest BCUT2D eigenvalue weighted by molar-refractivity contribution is -0.142. The molecule has 6 aromatic rings. The third kappa shape index (κ3) is 10.4. The maximum absolute atomic E-state index is 12.9. The number of carbonyl (C=O) groups is 2. The van der Waals surface area contributed by atoms with Gasteiger partial charge in [0.2, 0.25) is 0 Å². The van der Waals surface area contributed by atoms with Gasteiger partial charge in [-0.1, -0.05) is 72.5 Å². The number of carboxylic acids is 1. The third-order valence-electron chi connectivity index (χ3n) is 8.30. The summed E-state index contributed by atoms with van der Waals surface area (Å²) in [5.74, 6) is 12.0. The minimum atomic E-state index is -1.50. The Morgan fingerprint density at radius 2 is 1.14 bits per heavy atom. The van der Waals surface area contributed by atoms with E-state index >= 15 is 0 Å². The van der Waals surface area contributed by atoms with Gasteiger partial charge in [0.1, 0.15) is 41.3 Å².